The van der Waals surface area contributed by atoms with Crippen LogP contribution in [0.1, 0.15) is 0 Å². The van der Waals surface area contributed by atoms with Gasteiger partial charge in [0.25, 0.3) is 5.56 Å². The Bertz CT molecular complexity index is 577. The summed E-state index contributed by atoms with van der Waals surface area (Å²) in [7, 11) is -1.79. The molecule has 16 heavy (non-hydrogen) atoms. The van der Waals surface area contributed by atoms with Gasteiger partial charge in [-0.2, -0.15) is 0 Å². The lowest BCUT2D eigenvalue weighted by molar-refractivity contribution is 0.581. The van der Waals surface area contributed by atoms with E-state index in [1.807, 2.05) is 0 Å². The molecular formula is C8H13N3O4S. The quantitative estimate of drug-likeness (QED) is 0.676. The average Bonchev–Trinajstić information content (AvgIpc) is 2.13. The number of hydrogen-bond acceptors (Lipinski definition) is 5. The van der Waals surface area contributed by atoms with Crippen molar-refractivity contribution in [3.8, 4) is 0 Å². The second kappa shape index (κ2) is 4.12. The van der Waals surface area contributed by atoms with E-state index in [0.29, 0.717) is 0 Å². The SMILES string of the molecule is Cn1cc(N)c(=O)n(CCS(C)(=O)=O)c1=O. The Balaban J connectivity index is 3.24. The second-order valence-corrected chi connectivity index (χ2v) is 5.82. The van der Waals surface area contributed by atoms with Gasteiger partial charge in [-0.05, 0) is 0 Å². The summed E-state index contributed by atoms with van der Waals surface area (Å²) >= 11 is 0. The first-order valence-electron chi connectivity index (χ1n) is 4.46. The van der Waals surface area contributed by atoms with Crippen molar-refractivity contribution in [2.75, 3.05) is 17.7 Å². The lowest BCUT2D eigenvalue weighted by Crippen LogP contribution is -2.41. The minimum Gasteiger partial charge on any atom is -0.393 e. The molecule has 0 spiro atoms. The molecule has 8 heteroatoms. The molecule has 0 aromatic carbocycles. The number of sulfone groups is 1. The summed E-state index contributed by atoms with van der Waals surface area (Å²) in [6.45, 7) is -0.185. The van der Waals surface area contributed by atoms with Gasteiger partial charge in [0.15, 0.2) is 0 Å². The number of hydrogen-bond donors (Lipinski definition) is 1. The van der Waals surface area contributed by atoms with Crippen molar-refractivity contribution in [3.05, 3.63) is 27.0 Å². The van der Waals surface area contributed by atoms with Crippen molar-refractivity contribution < 1.29 is 8.42 Å². The van der Waals surface area contributed by atoms with Crippen LogP contribution in [0.2, 0.25) is 0 Å². The predicted molar refractivity (Wildman–Crippen MR) is 60.1 cm³/mol. The van der Waals surface area contributed by atoms with Gasteiger partial charge < -0.3 is 10.3 Å². The number of aromatic nitrogens is 2. The van der Waals surface area contributed by atoms with Crippen molar-refractivity contribution in [1.29, 1.82) is 0 Å². The fraction of sp³-hybridized carbons (Fsp3) is 0.500. The molecule has 90 valence electrons. The van der Waals surface area contributed by atoms with E-state index in [0.717, 1.165) is 15.4 Å². The molecular weight excluding hydrogens is 234 g/mol. The molecule has 0 unspecified atom stereocenters. The Labute approximate surface area is 92.0 Å². The van der Waals surface area contributed by atoms with Crippen LogP contribution in [0.4, 0.5) is 5.69 Å². The zero-order valence-electron chi connectivity index (χ0n) is 9.00. The number of nitrogen functional groups attached to an aromatic ring is 1. The Kier molecular flexibility index (Phi) is 3.22. The van der Waals surface area contributed by atoms with Gasteiger partial charge >= 0.3 is 5.69 Å². The van der Waals surface area contributed by atoms with Crippen molar-refractivity contribution in [2.24, 2.45) is 7.05 Å². The highest BCUT2D eigenvalue weighted by molar-refractivity contribution is 7.90. The molecule has 0 atom stereocenters. The van der Waals surface area contributed by atoms with Crippen molar-refractivity contribution >= 4 is 15.5 Å². The fourth-order valence-electron chi connectivity index (χ4n) is 1.21. The molecule has 2 N–H and O–H groups in total. The van der Waals surface area contributed by atoms with E-state index >= 15 is 0 Å². The lowest BCUT2D eigenvalue weighted by atomic mass is 10.5. The van der Waals surface area contributed by atoms with Gasteiger partial charge in [0.1, 0.15) is 15.5 Å². The van der Waals surface area contributed by atoms with E-state index in [1.54, 1.807) is 0 Å². The maximum absolute atomic E-state index is 11.5. The van der Waals surface area contributed by atoms with Gasteiger partial charge in [-0.1, -0.05) is 0 Å². The van der Waals surface area contributed by atoms with E-state index < -0.39 is 21.1 Å². The van der Waals surface area contributed by atoms with Crippen LogP contribution in [0.5, 0.6) is 0 Å². The first-order chi connectivity index (χ1) is 7.22. The molecule has 0 aliphatic rings. The third-order valence-electron chi connectivity index (χ3n) is 2.04. The van der Waals surface area contributed by atoms with Crippen molar-refractivity contribution in [3.63, 3.8) is 0 Å². The predicted octanol–water partition coefficient (Wildman–Crippen LogP) is -1.83. The first-order valence-corrected chi connectivity index (χ1v) is 6.52. The van der Waals surface area contributed by atoms with Crippen LogP contribution in [-0.4, -0.2) is 29.6 Å². The van der Waals surface area contributed by atoms with Gasteiger partial charge in [-0.15, -0.1) is 0 Å². The molecule has 0 fully saturated rings. The van der Waals surface area contributed by atoms with Crippen LogP contribution in [-0.2, 0) is 23.4 Å². The zero-order valence-corrected chi connectivity index (χ0v) is 9.82. The average molecular weight is 247 g/mol. The van der Waals surface area contributed by atoms with Crippen molar-refractivity contribution in [2.45, 2.75) is 6.54 Å². The zero-order chi connectivity index (χ0) is 12.5. The Morgan fingerprint density at radius 3 is 2.44 bits per heavy atom. The molecule has 7 nitrogen and oxygen atoms in total. The Morgan fingerprint density at radius 2 is 1.94 bits per heavy atom. The van der Waals surface area contributed by atoms with Crippen LogP contribution in [0, 0.1) is 0 Å². The molecule has 1 aromatic rings. The van der Waals surface area contributed by atoms with Gasteiger partial charge in [-0.25, -0.2) is 13.2 Å². The summed E-state index contributed by atoms with van der Waals surface area (Å²) in [5.41, 5.74) is 4.06. The molecule has 0 saturated carbocycles. The van der Waals surface area contributed by atoms with E-state index in [9.17, 15) is 18.0 Å². The third kappa shape index (κ3) is 2.72. The van der Waals surface area contributed by atoms with E-state index in [2.05, 4.69) is 0 Å². The lowest BCUT2D eigenvalue weighted by Gasteiger charge is -2.07. The smallest absolute Gasteiger partial charge is 0.330 e. The highest BCUT2D eigenvalue weighted by Gasteiger charge is 2.10. The molecule has 0 amide bonds. The summed E-state index contributed by atoms with van der Waals surface area (Å²) in [5.74, 6) is -0.272. The maximum atomic E-state index is 11.5. The molecule has 0 aliphatic heterocycles. The maximum Gasteiger partial charge on any atom is 0.330 e. The third-order valence-corrected chi connectivity index (χ3v) is 2.97. The fourth-order valence-corrected chi connectivity index (χ4v) is 1.72. The summed E-state index contributed by atoms with van der Waals surface area (Å²) < 4.78 is 23.8. The van der Waals surface area contributed by atoms with Crippen LogP contribution >= 0.6 is 0 Å². The highest BCUT2D eigenvalue weighted by Crippen LogP contribution is 1.89. The number of aryl methyl sites for hydroxylation is 1. The number of anilines is 1. The highest BCUT2D eigenvalue weighted by atomic mass is 32.2. The van der Waals surface area contributed by atoms with E-state index in [4.69, 9.17) is 5.73 Å². The second-order valence-electron chi connectivity index (χ2n) is 3.56. The van der Waals surface area contributed by atoms with Crippen LogP contribution in [0.25, 0.3) is 0 Å². The molecule has 1 aromatic heterocycles. The minimum absolute atomic E-state index is 0.0874. The summed E-state index contributed by atoms with van der Waals surface area (Å²) in [5, 5.41) is 0. The molecule has 0 bridgehead atoms. The van der Waals surface area contributed by atoms with Gasteiger partial charge in [0.05, 0.1) is 5.75 Å². The summed E-state index contributed by atoms with van der Waals surface area (Å²) in [6, 6.07) is 0. The molecule has 0 radical (unpaired) electrons. The van der Waals surface area contributed by atoms with Gasteiger partial charge in [0, 0.05) is 26.0 Å². The Hall–Kier alpha value is -1.57. The Morgan fingerprint density at radius 1 is 1.38 bits per heavy atom. The molecule has 0 aliphatic carbocycles. The normalized spacial score (nSPS) is 11.6. The first kappa shape index (κ1) is 12.5. The number of nitrogens with zero attached hydrogens (tertiary/aromatic N) is 2. The van der Waals surface area contributed by atoms with Gasteiger partial charge in [-0.3, -0.25) is 9.36 Å². The van der Waals surface area contributed by atoms with Gasteiger partial charge in [0.2, 0.25) is 0 Å². The molecule has 0 saturated heterocycles. The largest absolute Gasteiger partial charge is 0.393 e. The van der Waals surface area contributed by atoms with Crippen molar-refractivity contribution in [1.82, 2.24) is 9.13 Å². The molecule has 1 heterocycles. The molecule has 1 rings (SSSR count). The van der Waals surface area contributed by atoms with Crippen LogP contribution in [0.3, 0.4) is 0 Å². The number of rotatable bonds is 3. The monoisotopic (exact) mass is 247 g/mol. The van der Waals surface area contributed by atoms with Crippen LogP contribution < -0.4 is 17.0 Å². The number of nitrogens with two attached hydrogens (primary N) is 1. The standard InChI is InChI=1S/C8H13N3O4S/c1-10-5-6(9)7(12)11(8(10)13)3-4-16(2,14)15/h5H,3-4,9H2,1-2H3. The summed E-state index contributed by atoms with van der Waals surface area (Å²) in [6.07, 6.45) is 2.25. The minimum atomic E-state index is -3.23. The topological polar surface area (TPSA) is 104 Å². The summed E-state index contributed by atoms with van der Waals surface area (Å²) in [4.78, 5) is 23.0. The van der Waals surface area contributed by atoms with Crippen LogP contribution in [0.15, 0.2) is 15.8 Å². The van der Waals surface area contributed by atoms with E-state index in [1.165, 1.54) is 13.2 Å². The van der Waals surface area contributed by atoms with E-state index in [-0.39, 0.29) is 18.0 Å².